The zero-order valence-electron chi connectivity index (χ0n) is 14.0. The Hall–Kier alpha value is -3.35. The summed E-state index contributed by atoms with van der Waals surface area (Å²) >= 11 is 0. The number of para-hydroxylation sites is 1. The second-order valence-corrected chi connectivity index (χ2v) is 5.90. The van der Waals surface area contributed by atoms with Crippen molar-refractivity contribution in [1.29, 1.82) is 0 Å². The Labute approximate surface area is 150 Å². The molecule has 0 bridgehead atoms. The minimum atomic E-state index is -0.157. The highest BCUT2D eigenvalue weighted by atomic mass is 16.8. The number of benzene rings is 2. The highest BCUT2D eigenvalue weighted by molar-refractivity contribution is 5.93. The predicted molar refractivity (Wildman–Crippen MR) is 101 cm³/mol. The molecule has 0 amide bonds. The third kappa shape index (κ3) is 2.99. The lowest BCUT2D eigenvalue weighted by Gasteiger charge is -2.22. The van der Waals surface area contributed by atoms with Gasteiger partial charge in [-0.2, -0.15) is 0 Å². The minimum Gasteiger partial charge on any atom is -0.733 e. The first-order valence-electron chi connectivity index (χ1n) is 8.09. The molecule has 4 rings (SSSR count). The number of nitrogens with zero attached hydrogens (tertiary/aromatic N) is 4. The van der Waals surface area contributed by atoms with Gasteiger partial charge in [-0.05, 0) is 37.3 Å². The number of anilines is 1. The maximum atomic E-state index is 11.2. The van der Waals surface area contributed by atoms with Crippen LogP contribution in [0.25, 0.3) is 33.7 Å². The molecule has 0 unspecified atom stereocenters. The van der Waals surface area contributed by atoms with Crippen LogP contribution in [0.2, 0.25) is 0 Å². The summed E-state index contributed by atoms with van der Waals surface area (Å²) in [6.45, 7) is 1.92. The molecule has 0 saturated heterocycles. The molecule has 26 heavy (non-hydrogen) atoms. The zero-order valence-corrected chi connectivity index (χ0v) is 14.0. The summed E-state index contributed by atoms with van der Waals surface area (Å²) in [5.41, 5.74) is 3.87. The first-order valence-corrected chi connectivity index (χ1v) is 8.09. The fourth-order valence-corrected chi connectivity index (χ4v) is 2.85. The van der Waals surface area contributed by atoms with Crippen molar-refractivity contribution in [2.75, 3.05) is 5.23 Å². The summed E-state index contributed by atoms with van der Waals surface area (Å²) < 4.78 is 0. The standard InChI is InChI=1S/C20H15N4O2/c1-13-6-4-11-18(21-13)20-22-17-10-3-2-9-16(17)19(23-20)14-7-5-8-15(12-14)24(25)26/h2-12,25H,1H3/q-1. The number of pyridine rings is 1. The Morgan fingerprint density at radius 2 is 1.69 bits per heavy atom. The van der Waals surface area contributed by atoms with Gasteiger partial charge < -0.3 is 10.4 Å². The SMILES string of the molecule is Cc1cccc(-c2nc(-c3cccc(N([O-])O)c3)c3ccccc3n2)n1. The fourth-order valence-electron chi connectivity index (χ4n) is 2.85. The van der Waals surface area contributed by atoms with Crippen molar-refractivity contribution in [1.82, 2.24) is 15.0 Å². The summed E-state index contributed by atoms with van der Waals surface area (Å²) in [5.74, 6) is 0.510. The monoisotopic (exact) mass is 343 g/mol. The molecule has 0 aliphatic carbocycles. The van der Waals surface area contributed by atoms with Crippen molar-refractivity contribution in [2.24, 2.45) is 0 Å². The summed E-state index contributed by atoms with van der Waals surface area (Å²) in [6.07, 6.45) is 0. The van der Waals surface area contributed by atoms with Crippen molar-refractivity contribution >= 4 is 16.6 Å². The third-order valence-corrected chi connectivity index (χ3v) is 4.06. The lowest BCUT2D eigenvalue weighted by molar-refractivity contribution is 0.296. The first kappa shape index (κ1) is 16.1. The Morgan fingerprint density at radius 3 is 2.50 bits per heavy atom. The second-order valence-electron chi connectivity index (χ2n) is 5.90. The Kier molecular flexibility index (Phi) is 4.04. The predicted octanol–water partition coefficient (Wildman–Crippen LogP) is 4.36. The van der Waals surface area contributed by atoms with Crippen molar-refractivity contribution in [3.05, 3.63) is 77.6 Å². The topological polar surface area (TPSA) is 85.2 Å². The number of aromatic nitrogens is 3. The van der Waals surface area contributed by atoms with Gasteiger partial charge in [-0.15, -0.1) is 0 Å². The van der Waals surface area contributed by atoms with Gasteiger partial charge in [0, 0.05) is 16.6 Å². The van der Waals surface area contributed by atoms with Crippen molar-refractivity contribution < 1.29 is 5.21 Å². The van der Waals surface area contributed by atoms with E-state index in [1.165, 1.54) is 6.07 Å². The van der Waals surface area contributed by atoms with Gasteiger partial charge in [0.2, 0.25) is 0 Å². The minimum absolute atomic E-state index is 0.139. The van der Waals surface area contributed by atoms with Gasteiger partial charge in [0.25, 0.3) is 0 Å². The van der Waals surface area contributed by atoms with Crippen molar-refractivity contribution in [3.8, 4) is 22.8 Å². The maximum absolute atomic E-state index is 11.2. The molecule has 2 heterocycles. The van der Waals surface area contributed by atoms with E-state index in [0.717, 1.165) is 16.6 Å². The molecule has 0 saturated carbocycles. The van der Waals surface area contributed by atoms with Crippen LogP contribution >= 0.6 is 0 Å². The molecule has 0 radical (unpaired) electrons. The average molecular weight is 343 g/mol. The molecule has 4 aromatic rings. The van der Waals surface area contributed by atoms with Gasteiger partial charge in [-0.1, -0.05) is 36.4 Å². The summed E-state index contributed by atoms with van der Waals surface area (Å²) in [4.78, 5) is 13.8. The molecule has 2 aromatic heterocycles. The van der Waals surface area contributed by atoms with Crippen LogP contribution in [0.4, 0.5) is 5.69 Å². The van der Waals surface area contributed by atoms with Crippen LogP contribution in [0.3, 0.4) is 0 Å². The van der Waals surface area contributed by atoms with Crippen molar-refractivity contribution in [3.63, 3.8) is 0 Å². The summed E-state index contributed by atoms with van der Waals surface area (Å²) in [5, 5.41) is 21.2. The Bertz CT molecular complexity index is 1100. The molecule has 1 N–H and O–H groups in total. The number of rotatable bonds is 3. The highest BCUT2D eigenvalue weighted by Crippen LogP contribution is 2.30. The second kappa shape index (κ2) is 6.51. The van der Waals surface area contributed by atoms with Gasteiger partial charge in [0.05, 0.1) is 16.9 Å². The lowest BCUT2D eigenvalue weighted by Crippen LogP contribution is -2.06. The van der Waals surface area contributed by atoms with Crippen molar-refractivity contribution in [2.45, 2.75) is 6.92 Å². The third-order valence-electron chi connectivity index (χ3n) is 4.06. The van der Waals surface area contributed by atoms with E-state index in [2.05, 4.69) is 9.97 Å². The lowest BCUT2D eigenvalue weighted by atomic mass is 10.1. The molecule has 0 spiro atoms. The Balaban J connectivity index is 1.97. The van der Waals surface area contributed by atoms with Crippen LogP contribution in [0.1, 0.15) is 5.69 Å². The molecule has 0 fully saturated rings. The normalized spacial score (nSPS) is 10.9. The van der Waals surface area contributed by atoms with Crippen LogP contribution in [0.15, 0.2) is 66.7 Å². The van der Waals surface area contributed by atoms with E-state index in [1.54, 1.807) is 12.1 Å². The molecule has 128 valence electrons. The number of hydrogen-bond acceptors (Lipinski definition) is 6. The smallest absolute Gasteiger partial charge is 0.179 e. The summed E-state index contributed by atoms with van der Waals surface area (Å²) in [7, 11) is 0. The van der Waals surface area contributed by atoms with E-state index in [1.807, 2.05) is 55.5 Å². The van der Waals surface area contributed by atoms with Gasteiger partial charge in [-0.25, -0.2) is 15.0 Å². The van der Waals surface area contributed by atoms with E-state index in [-0.39, 0.29) is 10.9 Å². The van der Waals surface area contributed by atoms with E-state index in [4.69, 9.17) is 4.98 Å². The van der Waals surface area contributed by atoms with Gasteiger partial charge in [0.15, 0.2) is 5.82 Å². The van der Waals surface area contributed by atoms with Gasteiger partial charge in [0.1, 0.15) is 5.69 Å². The number of hydrogen-bond donors (Lipinski definition) is 1. The van der Waals surface area contributed by atoms with E-state index in [0.29, 0.717) is 22.8 Å². The summed E-state index contributed by atoms with van der Waals surface area (Å²) in [6, 6.07) is 20.0. The molecule has 0 atom stereocenters. The quantitative estimate of drug-likeness (QED) is 0.556. The van der Waals surface area contributed by atoms with E-state index < -0.39 is 0 Å². The fraction of sp³-hybridized carbons (Fsp3) is 0.0500. The molecular weight excluding hydrogens is 328 g/mol. The Morgan fingerprint density at radius 1 is 0.885 bits per heavy atom. The highest BCUT2D eigenvalue weighted by Gasteiger charge is 2.12. The van der Waals surface area contributed by atoms with Crippen LogP contribution in [0.5, 0.6) is 0 Å². The van der Waals surface area contributed by atoms with Gasteiger partial charge >= 0.3 is 0 Å². The maximum Gasteiger partial charge on any atom is 0.179 e. The van der Waals surface area contributed by atoms with E-state index >= 15 is 0 Å². The molecular formula is C20H15N4O2-. The number of fused-ring (bicyclic) bond motifs is 1. The molecule has 2 aromatic carbocycles. The van der Waals surface area contributed by atoms with E-state index in [9.17, 15) is 10.4 Å². The van der Waals surface area contributed by atoms with Gasteiger partial charge in [-0.3, -0.25) is 5.21 Å². The van der Waals surface area contributed by atoms with Crippen LogP contribution < -0.4 is 5.23 Å². The van der Waals surface area contributed by atoms with Crippen LogP contribution in [-0.4, -0.2) is 20.2 Å². The van der Waals surface area contributed by atoms with Crippen LogP contribution in [-0.2, 0) is 0 Å². The number of aryl methyl sites for hydroxylation is 1. The largest absolute Gasteiger partial charge is 0.733 e. The molecule has 6 nitrogen and oxygen atoms in total. The first-order chi connectivity index (χ1) is 12.6. The zero-order chi connectivity index (χ0) is 18.1. The molecule has 0 aliphatic rings. The van der Waals surface area contributed by atoms with Crippen LogP contribution in [0, 0.1) is 12.1 Å². The molecule has 0 aliphatic heterocycles. The average Bonchev–Trinajstić information content (AvgIpc) is 2.67. The molecule has 6 heteroatoms.